The molecule has 2 aromatic rings. The summed E-state index contributed by atoms with van der Waals surface area (Å²) in [7, 11) is 7.58. The average molecular weight is 515 g/mol. The van der Waals surface area contributed by atoms with Crippen molar-refractivity contribution < 1.29 is 9.59 Å². The molecule has 0 bridgehead atoms. The van der Waals surface area contributed by atoms with Gasteiger partial charge >= 0.3 is 0 Å². The van der Waals surface area contributed by atoms with Gasteiger partial charge in [0.25, 0.3) is 0 Å². The largest absolute Gasteiger partial charge is 0.373 e. The summed E-state index contributed by atoms with van der Waals surface area (Å²) >= 11 is 11.5. The van der Waals surface area contributed by atoms with Gasteiger partial charge in [-0.2, -0.15) is 9.97 Å². The Bertz CT molecular complexity index is 868. The number of carbonyl (C=O) groups is 2. The molecule has 0 radical (unpaired) electrons. The number of nitrogens with zero attached hydrogens (tertiary/aromatic N) is 6. The standard InChI is InChI=1S/2C10H16ClN5O/c2*1-7(17)12-4-5-13-9-8(16(2)3)6-14-10(11)15-9/h2*6H,4-5H2,1-3H3,(H,12,17)(H,13,14,15). The molecule has 188 valence electrons. The number of halogens is 2. The van der Waals surface area contributed by atoms with Crippen molar-refractivity contribution in [3.05, 3.63) is 23.0 Å². The Labute approximate surface area is 209 Å². The lowest BCUT2D eigenvalue weighted by Gasteiger charge is -2.17. The Morgan fingerprint density at radius 2 is 1.09 bits per heavy atom. The van der Waals surface area contributed by atoms with E-state index in [4.69, 9.17) is 23.2 Å². The van der Waals surface area contributed by atoms with Crippen molar-refractivity contribution in [2.75, 3.05) is 74.8 Å². The highest BCUT2D eigenvalue weighted by Crippen LogP contribution is 2.22. The lowest BCUT2D eigenvalue weighted by molar-refractivity contribution is -0.119. The maximum atomic E-state index is 10.7. The summed E-state index contributed by atoms with van der Waals surface area (Å²) in [4.78, 5) is 41.2. The average Bonchev–Trinajstić information content (AvgIpc) is 2.74. The van der Waals surface area contributed by atoms with Crippen LogP contribution in [0.2, 0.25) is 10.6 Å². The van der Waals surface area contributed by atoms with Crippen molar-refractivity contribution in [3.8, 4) is 0 Å². The molecule has 2 aromatic heterocycles. The molecule has 34 heavy (non-hydrogen) atoms. The number of aromatic nitrogens is 4. The van der Waals surface area contributed by atoms with Crippen molar-refractivity contribution in [2.24, 2.45) is 0 Å². The Kier molecular flexibility index (Phi) is 12.7. The van der Waals surface area contributed by atoms with Gasteiger partial charge in [0.2, 0.25) is 22.4 Å². The first-order valence-corrected chi connectivity index (χ1v) is 11.1. The SMILES string of the molecule is CC(=O)NCCNc1nc(Cl)ncc1N(C)C.CC(=O)NCCNc1nc(Cl)ncc1N(C)C. The molecule has 0 aromatic carbocycles. The second-order valence-electron chi connectivity index (χ2n) is 7.35. The molecule has 12 nitrogen and oxygen atoms in total. The molecule has 2 heterocycles. The lowest BCUT2D eigenvalue weighted by Crippen LogP contribution is -2.27. The van der Waals surface area contributed by atoms with Crippen molar-refractivity contribution in [1.29, 1.82) is 0 Å². The molecule has 0 unspecified atom stereocenters. The zero-order valence-corrected chi connectivity index (χ0v) is 21.8. The van der Waals surface area contributed by atoms with Gasteiger partial charge in [-0.15, -0.1) is 0 Å². The molecule has 0 aliphatic heterocycles. The second kappa shape index (κ2) is 14.9. The van der Waals surface area contributed by atoms with E-state index in [-0.39, 0.29) is 22.4 Å². The normalized spacial score (nSPS) is 9.88. The number of anilines is 4. The first-order valence-electron chi connectivity index (χ1n) is 10.4. The van der Waals surface area contributed by atoms with E-state index in [1.807, 2.05) is 38.0 Å². The van der Waals surface area contributed by atoms with Crippen LogP contribution < -0.4 is 31.1 Å². The minimum atomic E-state index is -0.0552. The molecule has 0 aliphatic rings. The molecule has 2 rings (SSSR count). The molecule has 0 spiro atoms. The molecular weight excluding hydrogens is 483 g/mol. The van der Waals surface area contributed by atoms with Crippen LogP contribution in [0.1, 0.15) is 13.8 Å². The van der Waals surface area contributed by atoms with Crippen LogP contribution >= 0.6 is 23.2 Å². The Morgan fingerprint density at radius 1 is 0.735 bits per heavy atom. The first kappa shape index (κ1) is 28.9. The maximum absolute atomic E-state index is 10.7. The quantitative estimate of drug-likeness (QED) is 0.272. The highest BCUT2D eigenvalue weighted by atomic mass is 35.5. The summed E-state index contributed by atoms with van der Waals surface area (Å²) in [6, 6.07) is 0. The first-order chi connectivity index (χ1) is 16.0. The fraction of sp³-hybridized carbons (Fsp3) is 0.500. The minimum absolute atomic E-state index is 0.0552. The van der Waals surface area contributed by atoms with E-state index in [9.17, 15) is 9.59 Å². The third-order valence-corrected chi connectivity index (χ3v) is 4.39. The third kappa shape index (κ3) is 11.1. The molecule has 4 N–H and O–H groups in total. The van der Waals surface area contributed by atoms with E-state index in [0.717, 1.165) is 11.4 Å². The number of hydrogen-bond donors (Lipinski definition) is 4. The predicted octanol–water partition coefficient (Wildman–Crippen LogP) is 1.49. The van der Waals surface area contributed by atoms with Crippen LogP contribution in [0, 0.1) is 0 Å². The number of rotatable bonds is 10. The van der Waals surface area contributed by atoms with Crippen LogP contribution in [0.5, 0.6) is 0 Å². The highest BCUT2D eigenvalue weighted by molar-refractivity contribution is 6.28. The van der Waals surface area contributed by atoms with Gasteiger partial charge in [0, 0.05) is 68.2 Å². The Hall–Kier alpha value is -3.12. The lowest BCUT2D eigenvalue weighted by atomic mass is 10.4. The number of hydrogen-bond acceptors (Lipinski definition) is 10. The molecule has 0 saturated carbocycles. The van der Waals surface area contributed by atoms with Crippen molar-refractivity contribution in [3.63, 3.8) is 0 Å². The third-order valence-electron chi connectivity index (χ3n) is 4.03. The van der Waals surface area contributed by atoms with Gasteiger partial charge < -0.3 is 31.1 Å². The van der Waals surface area contributed by atoms with Crippen LogP contribution in [0.4, 0.5) is 23.0 Å². The van der Waals surface area contributed by atoms with E-state index in [1.165, 1.54) is 13.8 Å². The van der Waals surface area contributed by atoms with Crippen LogP contribution in [0.15, 0.2) is 12.4 Å². The second-order valence-corrected chi connectivity index (χ2v) is 8.03. The van der Waals surface area contributed by atoms with Crippen LogP contribution in [0.3, 0.4) is 0 Å². The van der Waals surface area contributed by atoms with E-state index in [2.05, 4.69) is 41.2 Å². The fourth-order valence-corrected chi connectivity index (χ4v) is 2.73. The molecule has 0 saturated heterocycles. The topological polar surface area (TPSA) is 140 Å². The van der Waals surface area contributed by atoms with E-state index >= 15 is 0 Å². The highest BCUT2D eigenvalue weighted by Gasteiger charge is 2.08. The smallest absolute Gasteiger partial charge is 0.224 e. The van der Waals surface area contributed by atoms with Gasteiger partial charge in [-0.3, -0.25) is 9.59 Å². The molecule has 2 amide bonds. The van der Waals surface area contributed by atoms with E-state index in [0.29, 0.717) is 37.8 Å². The van der Waals surface area contributed by atoms with Crippen molar-refractivity contribution in [1.82, 2.24) is 30.6 Å². The molecule has 0 fully saturated rings. The zero-order valence-electron chi connectivity index (χ0n) is 20.2. The van der Waals surface area contributed by atoms with Crippen molar-refractivity contribution >= 4 is 58.0 Å². The molecule has 0 atom stereocenters. The summed E-state index contributed by atoms with van der Waals surface area (Å²) < 4.78 is 0. The maximum Gasteiger partial charge on any atom is 0.224 e. The van der Waals surface area contributed by atoms with Crippen LogP contribution in [-0.2, 0) is 9.59 Å². The van der Waals surface area contributed by atoms with Gasteiger partial charge in [-0.25, -0.2) is 9.97 Å². The molecule has 0 aliphatic carbocycles. The van der Waals surface area contributed by atoms with Crippen LogP contribution in [-0.4, -0.2) is 86.1 Å². The summed E-state index contributed by atoms with van der Waals surface area (Å²) in [5, 5.41) is 12.0. The predicted molar refractivity (Wildman–Crippen MR) is 137 cm³/mol. The Balaban J connectivity index is 0.000000340. The monoisotopic (exact) mass is 514 g/mol. The van der Waals surface area contributed by atoms with Gasteiger partial charge in [-0.05, 0) is 23.2 Å². The summed E-state index contributed by atoms with van der Waals surface area (Å²) in [5.41, 5.74) is 1.69. The summed E-state index contributed by atoms with van der Waals surface area (Å²) in [6.45, 7) is 5.18. The zero-order chi connectivity index (χ0) is 25.7. The molecular formula is C20H32Cl2N10O2. The molecule has 14 heteroatoms. The number of nitrogens with one attached hydrogen (secondary N) is 4. The van der Waals surface area contributed by atoms with E-state index in [1.54, 1.807) is 12.4 Å². The van der Waals surface area contributed by atoms with Gasteiger partial charge in [0.15, 0.2) is 11.6 Å². The fourth-order valence-electron chi connectivity index (χ4n) is 2.46. The number of carbonyl (C=O) groups excluding carboxylic acids is 2. The van der Waals surface area contributed by atoms with Gasteiger partial charge in [-0.1, -0.05) is 0 Å². The minimum Gasteiger partial charge on any atom is -0.373 e. The van der Waals surface area contributed by atoms with Crippen molar-refractivity contribution in [2.45, 2.75) is 13.8 Å². The van der Waals surface area contributed by atoms with E-state index < -0.39 is 0 Å². The number of amides is 2. The Morgan fingerprint density at radius 3 is 1.38 bits per heavy atom. The van der Waals surface area contributed by atoms with Gasteiger partial charge in [0.1, 0.15) is 0 Å². The summed E-state index contributed by atoms with van der Waals surface area (Å²) in [6.07, 6.45) is 3.30. The van der Waals surface area contributed by atoms with Crippen LogP contribution in [0.25, 0.3) is 0 Å². The summed E-state index contributed by atoms with van der Waals surface area (Å²) in [5.74, 6) is 1.20. The van der Waals surface area contributed by atoms with Gasteiger partial charge in [0.05, 0.1) is 23.8 Å².